The number of rotatable bonds is 6. The van der Waals surface area contributed by atoms with E-state index in [1.165, 1.54) is 25.7 Å². The Morgan fingerprint density at radius 1 is 1.20 bits per heavy atom. The maximum Gasteiger partial charge on any atom is 0.230 e. The van der Waals surface area contributed by atoms with E-state index >= 15 is 0 Å². The molecule has 2 fully saturated rings. The standard InChI is InChI=1S/C26H30N8O/c1-3-35-22-13-21(34-14-26(15-34)9-5-11-33(26)2)19(27)12-20(22)31-25-30-16-29-24(32-25)18-7-4-6-17-8-10-28-23(17)18/h4,6-8,10,12-13,16,28H,3,5,9,11,14-15,27H2,1-2H3,(H,29,30,31,32). The van der Waals surface area contributed by atoms with Crippen LogP contribution in [0.5, 0.6) is 5.75 Å². The van der Waals surface area contributed by atoms with Crippen LogP contribution in [0.4, 0.5) is 23.0 Å². The van der Waals surface area contributed by atoms with Gasteiger partial charge in [0, 0.05) is 36.3 Å². The molecule has 0 unspecified atom stereocenters. The number of likely N-dealkylation sites (N-methyl/N-ethyl adjacent to an activating group) is 1. The second-order valence-electron chi connectivity index (χ2n) is 9.45. The number of benzene rings is 2. The molecule has 0 amide bonds. The summed E-state index contributed by atoms with van der Waals surface area (Å²) in [5.74, 6) is 1.75. The number of nitrogens with zero attached hydrogens (tertiary/aromatic N) is 5. The molecule has 2 aliphatic rings. The predicted octanol–water partition coefficient (Wildman–Crippen LogP) is 4.03. The topological polar surface area (TPSA) is 108 Å². The minimum atomic E-state index is 0.290. The molecule has 9 nitrogen and oxygen atoms in total. The number of likely N-dealkylation sites (tertiary alicyclic amines) is 1. The third-order valence-electron chi connectivity index (χ3n) is 7.33. The Balaban J connectivity index is 1.28. The third kappa shape index (κ3) is 3.72. The molecule has 6 rings (SSSR count). The number of para-hydroxylation sites is 1. The van der Waals surface area contributed by atoms with Crippen molar-refractivity contribution in [2.75, 3.05) is 49.2 Å². The summed E-state index contributed by atoms with van der Waals surface area (Å²) < 4.78 is 5.99. The van der Waals surface area contributed by atoms with Crippen LogP contribution in [0.3, 0.4) is 0 Å². The molecule has 0 radical (unpaired) electrons. The molecule has 4 aromatic rings. The second-order valence-corrected chi connectivity index (χ2v) is 9.45. The maximum absolute atomic E-state index is 6.54. The molecule has 35 heavy (non-hydrogen) atoms. The molecular weight excluding hydrogens is 440 g/mol. The maximum atomic E-state index is 6.54. The number of anilines is 4. The summed E-state index contributed by atoms with van der Waals surface area (Å²) in [4.78, 5) is 21.5. The summed E-state index contributed by atoms with van der Waals surface area (Å²) in [5, 5.41) is 4.41. The smallest absolute Gasteiger partial charge is 0.230 e. The summed E-state index contributed by atoms with van der Waals surface area (Å²) in [6.45, 7) is 5.68. The first-order valence-electron chi connectivity index (χ1n) is 12.1. The molecule has 2 aromatic heterocycles. The van der Waals surface area contributed by atoms with Crippen LogP contribution in [-0.4, -0.2) is 63.7 Å². The van der Waals surface area contributed by atoms with E-state index in [9.17, 15) is 0 Å². The highest BCUT2D eigenvalue weighted by Gasteiger charge is 2.49. The highest BCUT2D eigenvalue weighted by atomic mass is 16.5. The van der Waals surface area contributed by atoms with Crippen molar-refractivity contribution in [2.24, 2.45) is 0 Å². The number of H-pyrrole nitrogens is 1. The molecule has 180 valence electrons. The summed E-state index contributed by atoms with van der Waals surface area (Å²) in [6.07, 6.45) is 5.94. The van der Waals surface area contributed by atoms with Gasteiger partial charge < -0.3 is 25.7 Å². The van der Waals surface area contributed by atoms with Gasteiger partial charge in [-0.3, -0.25) is 4.90 Å². The first-order chi connectivity index (χ1) is 17.1. The van der Waals surface area contributed by atoms with Crippen LogP contribution < -0.4 is 20.7 Å². The quantitative estimate of drug-likeness (QED) is 0.363. The first kappa shape index (κ1) is 21.7. The van der Waals surface area contributed by atoms with Crippen LogP contribution in [0, 0.1) is 0 Å². The fraction of sp³-hybridized carbons (Fsp3) is 0.346. The summed E-state index contributed by atoms with van der Waals surface area (Å²) >= 11 is 0. The Bertz CT molecular complexity index is 1380. The van der Waals surface area contributed by atoms with Gasteiger partial charge in [0.05, 0.1) is 34.7 Å². The number of hydrogen-bond acceptors (Lipinski definition) is 8. The van der Waals surface area contributed by atoms with Gasteiger partial charge in [-0.15, -0.1) is 0 Å². The van der Waals surface area contributed by atoms with E-state index in [1.807, 2.05) is 43.5 Å². The first-order valence-corrected chi connectivity index (χ1v) is 12.1. The number of nitrogens with two attached hydrogens (primary N) is 1. The van der Waals surface area contributed by atoms with Gasteiger partial charge in [0.2, 0.25) is 5.95 Å². The molecule has 1 spiro atoms. The highest BCUT2D eigenvalue weighted by Crippen LogP contribution is 2.44. The van der Waals surface area contributed by atoms with Gasteiger partial charge in [-0.05, 0) is 51.6 Å². The lowest BCUT2D eigenvalue weighted by Gasteiger charge is -2.53. The largest absolute Gasteiger partial charge is 0.492 e. The van der Waals surface area contributed by atoms with Crippen molar-refractivity contribution in [1.29, 1.82) is 0 Å². The molecule has 9 heteroatoms. The zero-order valence-corrected chi connectivity index (χ0v) is 20.1. The molecule has 0 saturated carbocycles. The van der Waals surface area contributed by atoms with Gasteiger partial charge in [-0.2, -0.15) is 4.98 Å². The molecule has 0 bridgehead atoms. The van der Waals surface area contributed by atoms with E-state index in [0.717, 1.165) is 46.7 Å². The van der Waals surface area contributed by atoms with Crippen LogP contribution in [0.1, 0.15) is 19.8 Å². The number of ether oxygens (including phenoxy) is 1. The Hall–Kier alpha value is -3.85. The van der Waals surface area contributed by atoms with Gasteiger partial charge in [-0.1, -0.05) is 12.1 Å². The number of nitrogen functional groups attached to an aromatic ring is 1. The highest BCUT2D eigenvalue weighted by molar-refractivity contribution is 5.92. The Morgan fingerprint density at radius 2 is 2.09 bits per heavy atom. The minimum absolute atomic E-state index is 0.290. The van der Waals surface area contributed by atoms with E-state index in [2.05, 4.69) is 48.2 Å². The minimum Gasteiger partial charge on any atom is -0.492 e. The van der Waals surface area contributed by atoms with Crippen LogP contribution >= 0.6 is 0 Å². The molecule has 0 aliphatic carbocycles. The van der Waals surface area contributed by atoms with Crippen molar-refractivity contribution in [3.63, 3.8) is 0 Å². The van der Waals surface area contributed by atoms with Crippen LogP contribution in [0.2, 0.25) is 0 Å². The zero-order chi connectivity index (χ0) is 24.0. The Kier molecular flexibility index (Phi) is 5.21. The zero-order valence-electron chi connectivity index (χ0n) is 20.1. The molecule has 4 N–H and O–H groups in total. The van der Waals surface area contributed by atoms with Gasteiger partial charge in [-0.25, -0.2) is 9.97 Å². The predicted molar refractivity (Wildman–Crippen MR) is 139 cm³/mol. The van der Waals surface area contributed by atoms with E-state index in [0.29, 0.717) is 29.6 Å². The fourth-order valence-corrected chi connectivity index (χ4v) is 5.42. The van der Waals surface area contributed by atoms with Gasteiger partial charge in [0.25, 0.3) is 0 Å². The monoisotopic (exact) mass is 470 g/mol. The molecular formula is C26H30N8O. The Labute approximate surface area is 204 Å². The van der Waals surface area contributed by atoms with Gasteiger partial charge in [0.15, 0.2) is 5.82 Å². The van der Waals surface area contributed by atoms with Crippen molar-refractivity contribution >= 4 is 33.9 Å². The lowest BCUT2D eigenvalue weighted by Crippen LogP contribution is -2.67. The average molecular weight is 471 g/mol. The van der Waals surface area contributed by atoms with Crippen LogP contribution in [0.25, 0.3) is 22.3 Å². The molecule has 4 heterocycles. The molecule has 2 aromatic carbocycles. The number of aromatic nitrogens is 4. The summed E-state index contributed by atoms with van der Waals surface area (Å²) in [6, 6.07) is 12.0. The Morgan fingerprint density at radius 3 is 2.89 bits per heavy atom. The number of aromatic amines is 1. The van der Waals surface area contributed by atoms with Gasteiger partial charge in [0.1, 0.15) is 12.1 Å². The third-order valence-corrected chi connectivity index (χ3v) is 7.33. The van der Waals surface area contributed by atoms with E-state index in [-0.39, 0.29) is 0 Å². The van der Waals surface area contributed by atoms with Crippen molar-refractivity contribution in [1.82, 2.24) is 24.8 Å². The van der Waals surface area contributed by atoms with E-state index < -0.39 is 0 Å². The normalized spacial score (nSPS) is 17.1. The fourth-order valence-electron chi connectivity index (χ4n) is 5.42. The molecule has 2 aliphatic heterocycles. The average Bonchev–Trinajstić information content (AvgIpc) is 3.47. The van der Waals surface area contributed by atoms with Crippen molar-refractivity contribution < 1.29 is 4.74 Å². The number of fused-ring (bicyclic) bond motifs is 1. The van der Waals surface area contributed by atoms with Crippen molar-refractivity contribution in [3.8, 4) is 17.1 Å². The lowest BCUT2D eigenvalue weighted by atomic mass is 9.86. The van der Waals surface area contributed by atoms with Crippen LogP contribution in [-0.2, 0) is 0 Å². The van der Waals surface area contributed by atoms with Crippen LogP contribution in [0.15, 0.2) is 48.9 Å². The second kappa shape index (κ2) is 8.42. The molecule has 2 saturated heterocycles. The number of hydrogen-bond donors (Lipinski definition) is 3. The SMILES string of the molecule is CCOc1cc(N2CC3(CCCN3C)C2)c(N)cc1Nc1ncnc(-c2cccc3cc[nH]c23)n1. The van der Waals surface area contributed by atoms with E-state index in [1.54, 1.807) is 0 Å². The van der Waals surface area contributed by atoms with E-state index in [4.69, 9.17) is 10.5 Å². The molecule has 0 atom stereocenters. The number of nitrogens with one attached hydrogen (secondary N) is 2. The summed E-state index contributed by atoms with van der Waals surface area (Å²) in [5.41, 5.74) is 11.2. The lowest BCUT2D eigenvalue weighted by molar-refractivity contribution is 0.133. The van der Waals surface area contributed by atoms with Crippen molar-refractivity contribution in [2.45, 2.75) is 25.3 Å². The van der Waals surface area contributed by atoms with Gasteiger partial charge >= 0.3 is 0 Å². The summed E-state index contributed by atoms with van der Waals surface area (Å²) in [7, 11) is 2.23. The van der Waals surface area contributed by atoms with Crippen molar-refractivity contribution in [3.05, 3.63) is 48.9 Å².